The van der Waals surface area contributed by atoms with E-state index in [2.05, 4.69) is 22.4 Å². The summed E-state index contributed by atoms with van der Waals surface area (Å²) in [6.45, 7) is 8.85. The van der Waals surface area contributed by atoms with E-state index in [0.29, 0.717) is 23.4 Å². The zero-order valence-corrected chi connectivity index (χ0v) is 22.3. The lowest BCUT2D eigenvalue weighted by molar-refractivity contribution is -0.131. The van der Waals surface area contributed by atoms with Gasteiger partial charge < -0.3 is 20.2 Å². The van der Waals surface area contributed by atoms with Crippen LogP contribution in [0.25, 0.3) is 11.7 Å². The second-order valence-electron chi connectivity index (χ2n) is 11.4. The standard InChI is InChI=1S/C27H38N6O4/c1-17(2)16-31-24-20(8-9-21(34)32-13-5-10-27(32)11-14-30(4)15-12-27)18(3)29-33(24)26(37)22(25(31)36)23(35)28-19-6-7-19/h8-9,17,19,36H,5-7,10-16H2,1-4H3,(H,28,35)/b9-8+. The molecule has 200 valence electrons. The van der Waals surface area contributed by atoms with Crippen LogP contribution < -0.4 is 10.9 Å². The van der Waals surface area contributed by atoms with E-state index in [-0.39, 0.29) is 34.8 Å². The summed E-state index contributed by atoms with van der Waals surface area (Å²) in [7, 11) is 2.12. The summed E-state index contributed by atoms with van der Waals surface area (Å²) in [4.78, 5) is 43.9. The second kappa shape index (κ2) is 9.63. The minimum atomic E-state index is -0.662. The van der Waals surface area contributed by atoms with Crippen molar-refractivity contribution < 1.29 is 14.7 Å². The second-order valence-corrected chi connectivity index (χ2v) is 11.4. The van der Waals surface area contributed by atoms with Crippen LogP contribution >= 0.6 is 0 Å². The van der Waals surface area contributed by atoms with Crippen molar-refractivity contribution >= 4 is 23.5 Å². The molecule has 0 aromatic carbocycles. The number of rotatable bonds is 6. The minimum absolute atomic E-state index is 0.0387. The van der Waals surface area contributed by atoms with Crippen LogP contribution in [-0.4, -0.2) is 79.2 Å². The lowest BCUT2D eigenvalue weighted by Gasteiger charge is -2.43. The molecule has 0 unspecified atom stereocenters. The Balaban J connectivity index is 1.53. The molecule has 0 radical (unpaired) electrons. The van der Waals surface area contributed by atoms with Crippen LogP contribution in [0.1, 0.15) is 74.0 Å². The smallest absolute Gasteiger partial charge is 0.291 e. The molecule has 3 aliphatic rings. The zero-order chi connectivity index (χ0) is 26.5. The number of amides is 2. The van der Waals surface area contributed by atoms with E-state index in [4.69, 9.17) is 0 Å². The van der Waals surface area contributed by atoms with Crippen molar-refractivity contribution in [1.82, 2.24) is 29.3 Å². The number of aryl methyl sites for hydroxylation is 1. The van der Waals surface area contributed by atoms with Gasteiger partial charge in [-0.05, 0) is 64.5 Å². The number of piperidine rings is 1. The van der Waals surface area contributed by atoms with Gasteiger partial charge in [-0.1, -0.05) is 13.8 Å². The highest BCUT2D eigenvalue weighted by molar-refractivity contribution is 5.97. The lowest BCUT2D eigenvalue weighted by atomic mass is 9.85. The lowest BCUT2D eigenvalue weighted by Crippen LogP contribution is -2.53. The van der Waals surface area contributed by atoms with E-state index < -0.39 is 11.5 Å². The Morgan fingerprint density at radius 2 is 1.89 bits per heavy atom. The number of nitrogens with zero attached hydrogens (tertiary/aromatic N) is 5. The van der Waals surface area contributed by atoms with Gasteiger partial charge in [-0.2, -0.15) is 9.61 Å². The van der Waals surface area contributed by atoms with Crippen LogP contribution in [0, 0.1) is 12.8 Å². The topological polar surface area (TPSA) is 112 Å². The average molecular weight is 511 g/mol. The number of nitrogens with one attached hydrogen (secondary N) is 1. The van der Waals surface area contributed by atoms with Gasteiger partial charge in [0.2, 0.25) is 11.8 Å². The maximum absolute atomic E-state index is 13.4. The molecular weight excluding hydrogens is 472 g/mol. The van der Waals surface area contributed by atoms with E-state index >= 15 is 0 Å². The van der Waals surface area contributed by atoms with Crippen molar-refractivity contribution in [2.45, 2.75) is 77.4 Å². The van der Waals surface area contributed by atoms with Crippen molar-refractivity contribution in [3.8, 4) is 5.88 Å². The molecule has 5 rings (SSSR count). The van der Waals surface area contributed by atoms with Crippen LogP contribution in [0.2, 0.25) is 0 Å². The van der Waals surface area contributed by atoms with Crippen LogP contribution in [0.5, 0.6) is 5.88 Å². The molecule has 37 heavy (non-hydrogen) atoms. The molecule has 2 aromatic heterocycles. The average Bonchev–Trinajstić information content (AvgIpc) is 3.46. The summed E-state index contributed by atoms with van der Waals surface area (Å²) in [5.74, 6) is -0.861. The summed E-state index contributed by atoms with van der Waals surface area (Å²) in [5, 5.41) is 18.4. The maximum atomic E-state index is 13.4. The number of carbonyl (C=O) groups is 2. The van der Waals surface area contributed by atoms with Crippen LogP contribution in [0.15, 0.2) is 10.9 Å². The molecule has 10 heteroatoms. The molecule has 2 N–H and O–H groups in total. The normalized spacial score (nSPS) is 20.1. The molecule has 1 spiro atoms. The molecule has 2 aromatic rings. The van der Waals surface area contributed by atoms with Gasteiger partial charge in [-0.15, -0.1) is 0 Å². The summed E-state index contributed by atoms with van der Waals surface area (Å²) in [6, 6.07) is 0.0443. The first-order chi connectivity index (χ1) is 17.6. The highest BCUT2D eigenvalue weighted by Gasteiger charge is 2.44. The van der Waals surface area contributed by atoms with Crippen molar-refractivity contribution in [3.63, 3.8) is 0 Å². The highest BCUT2D eigenvalue weighted by atomic mass is 16.3. The van der Waals surface area contributed by atoms with Crippen molar-refractivity contribution in [1.29, 1.82) is 0 Å². The van der Waals surface area contributed by atoms with Gasteiger partial charge in [-0.3, -0.25) is 19.0 Å². The van der Waals surface area contributed by atoms with E-state index in [9.17, 15) is 19.5 Å². The first-order valence-corrected chi connectivity index (χ1v) is 13.5. The third kappa shape index (κ3) is 4.67. The van der Waals surface area contributed by atoms with Crippen LogP contribution in [0.3, 0.4) is 0 Å². The SMILES string of the molecule is Cc1nn2c(=O)c(C(=O)NC3CC3)c(O)n(CC(C)C)c2c1/C=C/C(=O)N1CCCC12CCN(C)CC2. The molecule has 10 nitrogen and oxygen atoms in total. The van der Waals surface area contributed by atoms with Gasteiger partial charge in [-0.25, -0.2) is 0 Å². The summed E-state index contributed by atoms with van der Waals surface area (Å²) < 4.78 is 2.77. The third-order valence-electron chi connectivity index (χ3n) is 8.08. The van der Waals surface area contributed by atoms with Crippen molar-refractivity contribution in [2.75, 3.05) is 26.7 Å². The Morgan fingerprint density at radius 3 is 2.54 bits per heavy atom. The predicted molar refractivity (Wildman–Crippen MR) is 141 cm³/mol. The third-order valence-corrected chi connectivity index (χ3v) is 8.08. The van der Waals surface area contributed by atoms with Crippen LogP contribution in [-0.2, 0) is 11.3 Å². The number of aromatic hydroxyl groups is 1. The van der Waals surface area contributed by atoms with E-state index in [0.717, 1.165) is 58.2 Å². The maximum Gasteiger partial charge on any atom is 0.291 e. The molecule has 2 saturated heterocycles. The number of carbonyl (C=O) groups excluding carboxylic acids is 2. The summed E-state index contributed by atoms with van der Waals surface area (Å²) >= 11 is 0. The molecule has 0 bridgehead atoms. The molecule has 2 aliphatic heterocycles. The number of fused-ring (bicyclic) bond motifs is 1. The Bertz CT molecular complexity index is 1310. The largest absolute Gasteiger partial charge is 0.494 e. The fraction of sp³-hybridized carbons (Fsp3) is 0.630. The fourth-order valence-electron chi connectivity index (χ4n) is 5.86. The van der Waals surface area contributed by atoms with E-state index in [1.165, 1.54) is 4.52 Å². The fourth-order valence-corrected chi connectivity index (χ4v) is 5.86. The van der Waals surface area contributed by atoms with Gasteiger partial charge in [0.1, 0.15) is 5.65 Å². The minimum Gasteiger partial charge on any atom is -0.494 e. The zero-order valence-electron chi connectivity index (χ0n) is 22.3. The van der Waals surface area contributed by atoms with Crippen molar-refractivity contribution in [2.24, 2.45) is 5.92 Å². The molecule has 4 heterocycles. The molecular formula is C27H38N6O4. The van der Waals surface area contributed by atoms with Gasteiger partial charge in [0.15, 0.2) is 5.56 Å². The molecule has 1 saturated carbocycles. The summed E-state index contributed by atoms with van der Waals surface area (Å²) in [6.07, 6.45) is 9.02. The van der Waals surface area contributed by atoms with Gasteiger partial charge in [0.05, 0.1) is 5.69 Å². The first-order valence-electron chi connectivity index (χ1n) is 13.5. The summed E-state index contributed by atoms with van der Waals surface area (Å²) in [5.41, 5.74) is 0.489. The van der Waals surface area contributed by atoms with E-state index in [1.807, 2.05) is 18.7 Å². The molecule has 0 atom stereocenters. The quantitative estimate of drug-likeness (QED) is 0.576. The highest BCUT2D eigenvalue weighted by Crippen LogP contribution is 2.38. The molecule has 1 aliphatic carbocycles. The van der Waals surface area contributed by atoms with Crippen LogP contribution in [0.4, 0.5) is 0 Å². The Kier molecular flexibility index (Phi) is 6.64. The number of hydrogen-bond donors (Lipinski definition) is 2. The molecule has 2 amide bonds. The Hall–Kier alpha value is -3.14. The predicted octanol–water partition coefficient (Wildman–Crippen LogP) is 2.16. The Morgan fingerprint density at radius 1 is 1.19 bits per heavy atom. The van der Waals surface area contributed by atoms with Crippen molar-refractivity contribution in [3.05, 3.63) is 33.3 Å². The monoisotopic (exact) mass is 510 g/mol. The number of hydrogen-bond acceptors (Lipinski definition) is 6. The number of likely N-dealkylation sites (tertiary alicyclic amines) is 2. The number of aromatic nitrogens is 3. The molecule has 3 fully saturated rings. The van der Waals surface area contributed by atoms with Gasteiger partial charge in [0.25, 0.3) is 11.5 Å². The van der Waals surface area contributed by atoms with E-state index in [1.54, 1.807) is 23.6 Å². The van der Waals surface area contributed by atoms with Gasteiger partial charge >= 0.3 is 0 Å². The van der Waals surface area contributed by atoms with Gasteiger partial charge in [0, 0.05) is 49.4 Å². The first kappa shape index (κ1) is 25.5. The Labute approximate surface area is 216 Å².